The Morgan fingerprint density at radius 1 is 1.14 bits per heavy atom. The zero-order valence-electron chi connectivity index (χ0n) is 15.5. The molecule has 6 nitrogen and oxygen atoms in total. The summed E-state index contributed by atoms with van der Waals surface area (Å²) >= 11 is 5.68. The van der Waals surface area contributed by atoms with Crippen LogP contribution < -0.4 is 10.2 Å². The number of aryl methyl sites for hydroxylation is 2. The summed E-state index contributed by atoms with van der Waals surface area (Å²) in [5, 5.41) is 4.22. The van der Waals surface area contributed by atoms with E-state index in [2.05, 4.69) is 5.16 Å². The molecule has 0 saturated carbocycles. The van der Waals surface area contributed by atoms with Gasteiger partial charge in [-0.05, 0) is 24.6 Å². The zero-order chi connectivity index (χ0) is 20.4. The Morgan fingerprint density at radius 2 is 1.93 bits per heavy atom. The SMILES string of the molecule is Cc1oc2cc(OC(=O)CCc3cc(Cl)no3)ccc2c(=O)c1-c1ccccc1. The van der Waals surface area contributed by atoms with Crippen molar-refractivity contribution in [3.05, 3.63) is 81.5 Å². The predicted octanol–water partition coefficient (Wildman–Crippen LogP) is 4.95. The molecule has 0 spiro atoms. The van der Waals surface area contributed by atoms with Gasteiger partial charge in [-0.15, -0.1) is 0 Å². The lowest BCUT2D eigenvalue weighted by molar-refractivity contribution is -0.134. The van der Waals surface area contributed by atoms with E-state index in [1.807, 2.05) is 30.3 Å². The molecular formula is C22H16ClNO5. The minimum atomic E-state index is -0.447. The Kier molecular flexibility index (Phi) is 5.18. The molecule has 2 aromatic heterocycles. The molecule has 0 unspecified atom stereocenters. The highest BCUT2D eigenvalue weighted by Crippen LogP contribution is 2.26. The van der Waals surface area contributed by atoms with Crippen molar-refractivity contribution in [1.82, 2.24) is 5.16 Å². The van der Waals surface area contributed by atoms with Crippen LogP contribution in [0.2, 0.25) is 5.15 Å². The van der Waals surface area contributed by atoms with Gasteiger partial charge in [0.25, 0.3) is 0 Å². The standard InChI is InChI=1S/C22H16ClNO5/c1-13-21(14-5-3-2-4-6-14)22(26)17-9-7-15(11-18(17)27-13)28-20(25)10-8-16-12-19(23)24-29-16/h2-7,9,11-12H,8,10H2,1H3. The van der Waals surface area contributed by atoms with Crippen LogP contribution in [0.1, 0.15) is 17.9 Å². The average Bonchev–Trinajstić information content (AvgIpc) is 3.12. The van der Waals surface area contributed by atoms with E-state index in [0.717, 1.165) is 5.56 Å². The molecule has 0 fully saturated rings. The van der Waals surface area contributed by atoms with Crippen molar-refractivity contribution < 1.29 is 18.5 Å². The van der Waals surface area contributed by atoms with Crippen LogP contribution in [0.15, 0.2) is 68.3 Å². The minimum Gasteiger partial charge on any atom is -0.460 e. The van der Waals surface area contributed by atoms with Gasteiger partial charge in [0.1, 0.15) is 22.9 Å². The molecule has 7 heteroatoms. The third-order valence-corrected chi connectivity index (χ3v) is 4.62. The first-order valence-electron chi connectivity index (χ1n) is 8.96. The Balaban J connectivity index is 1.56. The third-order valence-electron chi connectivity index (χ3n) is 4.44. The summed E-state index contributed by atoms with van der Waals surface area (Å²) in [5.41, 5.74) is 1.55. The number of rotatable bonds is 5. The van der Waals surface area contributed by atoms with Gasteiger partial charge in [-0.1, -0.05) is 47.1 Å². The van der Waals surface area contributed by atoms with E-state index < -0.39 is 5.97 Å². The van der Waals surface area contributed by atoms with E-state index in [1.54, 1.807) is 31.2 Å². The van der Waals surface area contributed by atoms with Gasteiger partial charge < -0.3 is 13.7 Å². The van der Waals surface area contributed by atoms with Crippen molar-refractivity contribution in [2.24, 2.45) is 0 Å². The van der Waals surface area contributed by atoms with Crippen molar-refractivity contribution in [3.63, 3.8) is 0 Å². The fourth-order valence-corrected chi connectivity index (χ4v) is 3.26. The second kappa shape index (κ2) is 7.93. The van der Waals surface area contributed by atoms with Gasteiger partial charge >= 0.3 is 5.97 Å². The van der Waals surface area contributed by atoms with Gasteiger partial charge in [-0.2, -0.15) is 0 Å². The van der Waals surface area contributed by atoms with Gasteiger partial charge in [-0.25, -0.2) is 0 Å². The monoisotopic (exact) mass is 409 g/mol. The number of carbonyl (C=O) groups excluding carboxylic acids is 1. The number of hydrogen-bond acceptors (Lipinski definition) is 6. The van der Waals surface area contributed by atoms with Gasteiger partial charge in [0, 0.05) is 18.6 Å². The van der Waals surface area contributed by atoms with Gasteiger partial charge in [0.05, 0.1) is 17.4 Å². The molecule has 2 heterocycles. The van der Waals surface area contributed by atoms with E-state index in [4.69, 9.17) is 25.3 Å². The summed E-state index contributed by atoms with van der Waals surface area (Å²) in [7, 11) is 0. The number of carbonyl (C=O) groups is 1. The van der Waals surface area contributed by atoms with Gasteiger partial charge in [-0.3, -0.25) is 9.59 Å². The normalized spacial score (nSPS) is 11.0. The van der Waals surface area contributed by atoms with Crippen LogP contribution >= 0.6 is 11.6 Å². The lowest BCUT2D eigenvalue weighted by Gasteiger charge is -2.08. The van der Waals surface area contributed by atoms with Crippen LogP contribution in [-0.4, -0.2) is 11.1 Å². The number of ether oxygens (including phenoxy) is 1. The molecule has 0 amide bonds. The molecule has 4 aromatic rings. The maximum Gasteiger partial charge on any atom is 0.311 e. The van der Waals surface area contributed by atoms with Crippen LogP contribution in [0.5, 0.6) is 5.75 Å². The number of fused-ring (bicyclic) bond motifs is 1. The number of hydrogen-bond donors (Lipinski definition) is 0. The largest absolute Gasteiger partial charge is 0.460 e. The van der Waals surface area contributed by atoms with Gasteiger partial charge in [0.15, 0.2) is 5.15 Å². The summed E-state index contributed by atoms with van der Waals surface area (Å²) in [5.74, 6) is 0.852. The molecule has 0 bridgehead atoms. The molecule has 0 saturated heterocycles. The summed E-state index contributed by atoms with van der Waals surface area (Å²) in [6.45, 7) is 1.74. The first-order valence-corrected chi connectivity index (χ1v) is 9.34. The van der Waals surface area contributed by atoms with Crippen molar-refractivity contribution >= 4 is 28.5 Å². The molecular weight excluding hydrogens is 394 g/mol. The second-order valence-corrected chi connectivity index (χ2v) is 6.86. The van der Waals surface area contributed by atoms with Crippen LogP contribution in [0, 0.1) is 6.92 Å². The van der Waals surface area contributed by atoms with Crippen LogP contribution in [0.3, 0.4) is 0 Å². The average molecular weight is 410 g/mol. The predicted molar refractivity (Wildman–Crippen MR) is 108 cm³/mol. The molecule has 0 aliphatic rings. The molecule has 4 rings (SSSR count). The van der Waals surface area contributed by atoms with Gasteiger partial charge in [0.2, 0.25) is 5.43 Å². The van der Waals surface area contributed by atoms with Crippen molar-refractivity contribution in [3.8, 4) is 16.9 Å². The zero-order valence-corrected chi connectivity index (χ0v) is 16.2. The molecule has 0 aliphatic heterocycles. The Hall–Kier alpha value is -3.38. The Morgan fingerprint density at radius 3 is 2.66 bits per heavy atom. The molecule has 0 atom stereocenters. The van der Waals surface area contributed by atoms with E-state index in [9.17, 15) is 9.59 Å². The smallest absolute Gasteiger partial charge is 0.311 e. The quantitative estimate of drug-likeness (QED) is 0.342. The summed E-state index contributed by atoms with van der Waals surface area (Å²) in [4.78, 5) is 25.0. The number of nitrogens with zero attached hydrogens (tertiary/aromatic N) is 1. The maximum absolute atomic E-state index is 12.9. The minimum absolute atomic E-state index is 0.0967. The number of esters is 1. The fourth-order valence-electron chi connectivity index (χ4n) is 3.10. The second-order valence-electron chi connectivity index (χ2n) is 6.48. The molecule has 146 valence electrons. The number of halogens is 1. The van der Waals surface area contributed by atoms with Crippen LogP contribution in [0.4, 0.5) is 0 Å². The lowest BCUT2D eigenvalue weighted by atomic mass is 10.0. The lowest BCUT2D eigenvalue weighted by Crippen LogP contribution is -2.10. The van der Waals surface area contributed by atoms with Crippen molar-refractivity contribution in [2.45, 2.75) is 19.8 Å². The highest BCUT2D eigenvalue weighted by molar-refractivity contribution is 6.29. The van der Waals surface area contributed by atoms with Crippen molar-refractivity contribution in [2.75, 3.05) is 0 Å². The molecule has 0 radical (unpaired) electrons. The van der Waals surface area contributed by atoms with Crippen molar-refractivity contribution in [1.29, 1.82) is 0 Å². The summed E-state index contributed by atoms with van der Waals surface area (Å²) in [6, 6.07) is 15.6. The molecule has 29 heavy (non-hydrogen) atoms. The summed E-state index contributed by atoms with van der Waals surface area (Å²) in [6.07, 6.45) is 0.417. The summed E-state index contributed by atoms with van der Waals surface area (Å²) < 4.78 is 16.2. The fraction of sp³-hybridized carbons (Fsp3) is 0.136. The van der Waals surface area contributed by atoms with E-state index >= 15 is 0 Å². The topological polar surface area (TPSA) is 82.5 Å². The molecule has 0 aliphatic carbocycles. The van der Waals surface area contributed by atoms with E-state index in [-0.39, 0.29) is 17.0 Å². The first-order chi connectivity index (χ1) is 14.0. The van der Waals surface area contributed by atoms with Crippen LogP contribution in [-0.2, 0) is 11.2 Å². The molecule has 0 N–H and O–H groups in total. The number of benzene rings is 2. The highest BCUT2D eigenvalue weighted by atomic mass is 35.5. The Labute approximate surface area is 170 Å². The van der Waals surface area contributed by atoms with E-state index in [0.29, 0.717) is 40.2 Å². The van der Waals surface area contributed by atoms with Crippen LogP contribution in [0.25, 0.3) is 22.1 Å². The highest BCUT2D eigenvalue weighted by Gasteiger charge is 2.15. The first kappa shape index (κ1) is 19.0. The third kappa shape index (κ3) is 4.07. The molecule has 2 aromatic carbocycles. The number of aromatic nitrogens is 1. The van der Waals surface area contributed by atoms with E-state index in [1.165, 1.54) is 0 Å². The Bertz CT molecular complexity index is 1240. The maximum atomic E-state index is 12.9.